The number of aliphatic hydroxyl groups is 1. The van der Waals surface area contributed by atoms with Crippen molar-refractivity contribution in [2.24, 2.45) is 0 Å². The number of piperazine rings is 1. The Morgan fingerprint density at radius 2 is 1.72 bits per heavy atom. The highest BCUT2D eigenvalue weighted by molar-refractivity contribution is 6.33. The van der Waals surface area contributed by atoms with Crippen molar-refractivity contribution in [3.05, 3.63) is 69.8 Å². The Kier molecular flexibility index (Phi) is 16.2. The van der Waals surface area contributed by atoms with Crippen LogP contribution in [-0.2, 0) is 28.7 Å². The quantitative estimate of drug-likeness (QED) is 0.0893. The third-order valence-electron chi connectivity index (χ3n) is 11.0. The topological polar surface area (TPSA) is 213 Å². The molecule has 1 aromatic heterocycles. The van der Waals surface area contributed by atoms with Gasteiger partial charge in [-0.15, -0.1) is 0 Å². The number of piperidine rings is 1. The van der Waals surface area contributed by atoms with E-state index in [-0.39, 0.29) is 121 Å². The lowest BCUT2D eigenvalue weighted by molar-refractivity contribution is -0.136. The molecule has 18 nitrogen and oxygen atoms in total. The number of aliphatic hydroxyl groups excluding tert-OH is 1. The number of imide groups is 2. The summed E-state index contributed by atoms with van der Waals surface area (Å²) in [6.45, 7) is 7.33. The van der Waals surface area contributed by atoms with E-state index in [1.807, 2.05) is 4.90 Å². The number of aromatic nitrogens is 2. The second kappa shape index (κ2) is 21.7. The average Bonchev–Trinajstić information content (AvgIpc) is 3.51. The number of halogens is 3. The molecular weight excluding hydrogens is 874 g/mol. The van der Waals surface area contributed by atoms with Crippen molar-refractivity contribution < 1.29 is 56.9 Å². The zero-order valence-corrected chi connectivity index (χ0v) is 37.2. The van der Waals surface area contributed by atoms with Crippen LogP contribution in [0.3, 0.4) is 0 Å². The van der Waals surface area contributed by atoms with E-state index in [1.54, 1.807) is 24.9 Å². The second-order valence-electron chi connectivity index (χ2n) is 15.5. The number of rotatable bonds is 19. The molecule has 0 aliphatic carbocycles. The molecule has 3 aliphatic rings. The first-order valence-corrected chi connectivity index (χ1v) is 21.5. The molecule has 2 atom stereocenters. The molecule has 2 saturated heterocycles. The molecule has 3 aromatic rings. The van der Waals surface area contributed by atoms with Gasteiger partial charge in [-0.1, -0.05) is 17.7 Å². The highest BCUT2D eigenvalue weighted by atomic mass is 35.5. The molecule has 65 heavy (non-hydrogen) atoms. The molecule has 6 amide bonds. The van der Waals surface area contributed by atoms with Gasteiger partial charge in [-0.05, 0) is 50.6 Å². The molecule has 21 heteroatoms. The Morgan fingerprint density at radius 3 is 2.40 bits per heavy atom. The van der Waals surface area contributed by atoms with E-state index in [2.05, 4.69) is 20.6 Å². The number of hydrogen-bond donors (Lipinski definition) is 3. The maximum Gasteiger partial charge on any atom is 0.262 e. The van der Waals surface area contributed by atoms with Gasteiger partial charge in [-0.25, -0.2) is 13.8 Å². The SMILES string of the molecule is C/C=C\C(F)=C(\c1c(Cl)cc2c(N3CCN(C(C)=O)CC3)nc(NCCC(=O)N(C)CCOCCOCCOc3ccc4c(c3)C(=O)N(C3CCC(=O)NC3=O)C4=O)nc2c1F)C(C)O. The third kappa shape index (κ3) is 11.2. The van der Waals surface area contributed by atoms with Gasteiger partial charge >= 0.3 is 0 Å². The van der Waals surface area contributed by atoms with Crippen LogP contribution in [0.1, 0.15) is 66.3 Å². The molecule has 2 fully saturated rings. The van der Waals surface area contributed by atoms with Gasteiger partial charge in [-0.2, -0.15) is 4.98 Å². The fourth-order valence-electron chi connectivity index (χ4n) is 7.62. The van der Waals surface area contributed by atoms with Gasteiger partial charge in [0.25, 0.3) is 11.8 Å². The van der Waals surface area contributed by atoms with Gasteiger partial charge in [0.1, 0.15) is 35.6 Å². The largest absolute Gasteiger partial charge is 0.491 e. The van der Waals surface area contributed by atoms with Gasteiger partial charge in [0, 0.05) is 82.6 Å². The van der Waals surface area contributed by atoms with E-state index in [1.165, 1.54) is 43.0 Å². The van der Waals surface area contributed by atoms with E-state index >= 15 is 8.78 Å². The third-order valence-corrected chi connectivity index (χ3v) is 11.3. The van der Waals surface area contributed by atoms with Gasteiger partial charge < -0.3 is 39.3 Å². The lowest BCUT2D eigenvalue weighted by atomic mass is 9.97. The Bertz CT molecular complexity index is 2410. The van der Waals surface area contributed by atoms with Crippen molar-refractivity contribution in [3.63, 3.8) is 0 Å². The first-order valence-electron chi connectivity index (χ1n) is 21.1. The standard InChI is InChI=1S/C44H51ClF2N8O10/c1-5-6-32(46)36(25(2)56)37-31(45)24-30-39(38(37)47)50-44(51-40(30)54-15-13-53(14-16-54)26(3)57)48-12-11-35(59)52(4)17-18-63-19-20-64-21-22-65-27-7-8-28-29(23-27)43(62)55(42(28)61)33-9-10-34(58)49-41(33)60/h5-8,23-25,33,56H,9-22H2,1-4H3,(H,48,50,51)(H,49,58,60)/b6-5-,36-32-. The number of nitrogens with zero attached hydrogens (tertiary/aromatic N) is 6. The van der Waals surface area contributed by atoms with Crippen LogP contribution in [-0.4, -0.2) is 157 Å². The highest BCUT2D eigenvalue weighted by Crippen LogP contribution is 2.39. The number of amides is 6. The minimum atomic E-state index is -1.42. The van der Waals surface area contributed by atoms with E-state index in [0.717, 1.165) is 11.0 Å². The lowest BCUT2D eigenvalue weighted by Crippen LogP contribution is -2.54. The number of anilines is 2. The summed E-state index contributed by atoms with van der Waals surface area (Å²) < 4.78 is 48.6. The minimum absolute atomic E-state index is 0.00611. The molecular formula is C44H51ClF2N8O10. The number of carbonyl (C=O) groups is 6. The highest BCUT2D eigenvalue weighted by Gasteiger charge is 2.44. The first-order chi connectivity index (χ1) is 31.1. The Hall–Kier alpha value is -6.09. The van der Waals surface area contributed by atoms with Crippen LogP contribution in [0, 0.1) is 5.82 Å². The van der Waals surface area contributed by atoms with Crippen molar-refractivity contribution in [2.45, 2.75) is 52.2 Å². The minimum Gasteiger partial charge on any atom is -0.491 e. The van der Waals surface area contributed by atoms with Gasteiger partial charge in [0.15, 0.2) is 5.82 Å². The normalized spacial score (nSPS) is 17.4. The predicted octanol–water partition coefficient (Wildman–Crippen LogP) is 3.50. The maximum absolute atomic E-state index is 16.5. The number of fused-ring (bicyclic) bond motifs is 2. The first kappa shape index (κ1) is 48.4. The smallest absolute Gasteiger partial charge is 0.262 e. The van der Waals surface area contributed by atoms with Crippen LogP contribution in [0.5, 0.6) is 5.75 Å². The van der Waals surface area contributed by atoms with Crippen LogP contribution >= 0.6 is 11.6 Å². The predicted molar refractivity (Wildman–Crippen MR) is 234 cm³/mol. The molecule has 348 valence electrons. The second-order valence-corrected chi connectivity index (χ2v) is 15.9. The summed E-state index contributed by atoms with van der Waals surface area (Å²) in [6.07, 6.45) is 1.21. The molecule has 3 N–H and O–H groups in total. The average molecular weight is 925 g/mol. The zero-order valence-electron chi connectivity index (χ0n) is 36.5. The van der Waals surface area contributed by atoms with E-state index in [0.29, 0.717) is 37.7 Å². The summed E-state index contributed by atoms with van der Waals surface area (Å²) in [4.78, 5) is 89.8. The zero-order chi connectivity index (χ0) is 46.9. The van der Waals surface area contributed by atoms with Crippen LogP contribution in [0.25, 0.3) is 16.5 Å². The Balaban J connectivity index is 0.959. The summed E-state index contributed by atoms with van der Waals surface area (Å²) in [7, 11) is 1.63. The number of likely N-dealkylation sites (N-methyl/N-ethyl adjacent to an activating group) is 1. The summed E-state index contributed by atoms with van der Waals surface area (Å²) >= 11 is 6.59. The number of ether oxygens (including phenoxy) is 3. The summed E-state index contributed by atoms with van der Waals surface area (Å²) in [5.74, 6) is -3.82. The van der Waals surface area contributed by atoms with Crippen molar-refractivity contribution in [2.75, 3.05) is 89.6 Å². The van der Waals surface area contributed by atoms with Crippen LogP contribution in [0.15, 0.2) is 42.2 Å². The van der Waals surface area contributed by atoms with Crippen molar-refractivity contribution >= 4 is 75.3 Å². The van der Waals surface area contributed by atoms with Gasteiger partial charge in [0.05, 0.1) is 48.7 Å². The molecule has 2 unspecified atom stereocenters. The van der Waals surface area contributed by atoms with Gasteiger partial charge in [-0.3, -0.25) is 39.0 Å². The number of allylic oxidation sites excluding steroid dienone is 3. The molecule has 4 heterocycles. The summed E-state index contributed by atoms with van der Waals surface area (Å²) in [5, 5.41) is 15.8. The molecule has 2 aromatic carbocycles. The Labute approximate surface area is 378 Å². The van der Waals surface area contributed by atoms with E-state index < -0.39 is 47.4 Å². The molecule has 0 saturated carbocycles. The van der Waals surface area contributed by atoms with Crippen molar-refractivity contribution in [1.29, 1.82) is 0 Å². The Morgan fingerprint density at radius 1 is 1.03 bits per heavy atom. The molecule has 3 aliphatic heterocycles. The van der Waals surface area contributed by atoms with E-state index in [4.69, 9.17) is 25.8 Å². The molecule has 0 spiro atoms. The fraction of sp³-hybridized carbons (Fsp3) is 0.455. The monoisotopic (exact) mass is 924 g/mol. The fourth-order valence-corrected chi connectivity index (χ4v) is 7.92. The molecule has 6 rings (SSSR count). The van der Waals surface area contributed by atoms with Crippen molar-refractivity contribution in [1.82, 2.24) is 30.0 Å². The number of benzene rings is 2. The summed E-state index contributed by atoms with van der Waals surface area (Å²) in [5.41, 5.74) is -0.600. The summed E-state index contributed by atoms with van der Waals surface area (Å²) in [6, 6.07) is 4.82. The number of carbonyl (C=O) groups excluding carboxylic acids is 6. The van der Waals surface area contributed by atoms with Crippen molar-refractivity contribution in [3.8, 4) is 5.75 Å². The van der Waals surface area contributed by atoms with Gasteiger partial charge in [0.2, 0.25) is 29.6 Å². The van der Waals surface area contributed by atoms with Crippen LogP contribution in [0.2, 0.25) is 5.02 Å². The lowest BCUT2D eigenvalue weighted by Gasteiger charge is -2.35. The number of nitrogens with one attached hydrogen (secondary N) is 2. The van der Waals surface area contributed by atoms with Crippen LogP contribution in [0.4, 0.5) is 20.5 Å². The molecule has 0 radical (unpaired) electrons. The maximum atomic E-state index is 16.5. The van der Waals surface area contributed by atoms with E-state index in [9.17, 15) is 33.9 Å². The van der Waals surface area contributed by atoms with Crippen LogP contribution < -0.4 is 20.3 Å². The molecule has 0 bridgehead atoms. The number of hydrogen-bond acceptors (Lipinski definition) is 14.